The fourth-order valence-electron chi connectivity index (χ4n) is 2.32. The number of esters is 1. The third-order valence-corrected chi connectivity index (χ3v) is 5.48. The van der Waals surface area contributed by atoms with Gasteiger partial charge in [-0.15, -0.1) is 0 Å². The van der Waals surface area contributed by atoms with E-state index in [4.69, 9.17) is 9.47 Å². The number of hydrogen-bond acceptors (Lipinski definition) is 4. The lowest BCUT2D eigenvalue weighted by molar-refractivity contribution is -0.143. The van der Waals surface area contributed by atoms with Crippen molar-refractivity contribution in [3.63, 3.8) is 0 Å². The average Bonchev–Trinajstić information content (AvgIpc) is 2.60. The van der Waals surface area contributed by atoms with Gasteiger partial charge in [0.2, 0.25) is 0 Å². The fraction of sp³-hybridized carbons (Fsp3) is 0.632. The van der Waals surface area contributed by atoms with Crippen molar-refractivity contribution in [2.24, 2.45) is 0 Å². The summed E-state index contributed by atoms with van der Waals surface area (Å²) in [5.41, 5.74) is 0. The maximum atomic E-state index is 12.5. The van der Waals surface area contributed by atoms with Crippen molar-refractivity contribution >= 4 is 19.1 Å². The van der Waals surface area contributed by atoms with Gasteiger partial charge in [0.05, 0.1) is 24.9 Å². The van der Waals surface area contributed by atoms with Gasteiger partial charge >= 0.3 is 5.97 Å². The van der Waals surface area contributed by atoms with E-state index < -0.39 is 7.80 Å². The van der Waals surface area contributed by atoms with Gasteiger partial charge in [-0.25, -0.2) is 0 Å². The Labute approximate surface area is 146 Å². The van der Waals surface area contributed by atoms with E-state index in [2.05, 4.69) is 13.8 Å². The molecular formula is C19H31O4P. The van der Waals surface area contributed by atoms with Crippen LogP contribution in [0.5, 0.6) is 5.75 Å². The van der Waals surface area contributed by atoms with E-state index in [9.17, 15) is 9.36 Å². The highest BCUT2D eigenvalue weighted by atomic mass is 31.1. The first-order valence-electron chi connectivity index (χ1n) is 9.09. The molecule has 0 amide bonds. The Morgan fingerprint density at radius 2 is 1.67 bits per heavy atom. The maximum Gasteiger partial charge on any atom is 0.306 e. The number of carbonyl (C=O) groups excluding carboxylic acids is 1. The molecule has 0 saturated carbocycles. The monoisotopic (exact) mass is 354 g/mol. The van der Waals surface area contributed by atoms with Crippen molar-refractivity contribution in [2.75, 3.05) is 19.4 Å². The first-order valence-corrected chi connectivity index (χ1v) is 10.7. The summed E-state index contributed by atoms with van der Waals surface area (Å²) < 4.78 is 23.5. The largest absolute Gasteiger partial charge is 0.493 e. The number of carbonyl (C=O) groups is 1. The van der Waals surface area contributed by atoms with Crippen LogP contribution in [0.4, 0.5) is 0 Å². The topological polar surface area (TPSA) is 52.6 Å². The number of unbranched alkanes of at least 4 members (excludes halogenated alkanes) is 4. The molecule has 0 aromatic heterocycles. The van der Waals surface area contributed by atoms with E-state index in [-0.39, 0.29) is 12.4 Å². The molecule has 1 unspecified atom stereocenters. The molecule has 4 nitrogen and oxygen atoms in total. The normalized spacial score (nSPS) is 11.9. The third kappa shape index (κ3) is 8.54. The van der Waals surface area contributed by atoms with Crippen molar-refractivity contribution < 1.29 is 18.8 Å². The molecule has 0 spiro atoms. The van der Waals surface area contributed by atoms with Crippen molar-refractivity contribution in [3.8, 4) is 5.75 Å². The molecule has 0 heterocycles. The zero-order chi connectivity index (χ0) is 17.6. The lowest BCUT2D eigenvalue weighted by Crippen LogP contribution is -2.11. The molecule has 1 atom stereocenters. The van der Waals surface area contributed by atoms with Gasteiger partial charge in [0.1, 0.15) is 13.6 Å². The zero-order valence-electron chi connectivity index (χ0n) is 15.0. The number of benzene rings is 1. The predicted molar refractivity (Wildman–Crippen MR) is 100 cm³/mol. The summed E-state index contributed by atoms with van der Waals surface area (Å²) in [6.07, 6.45) is 6.86. The van der Waals surface area contributed by atoms with Crippen LogP contribution in [0.3, 0.4) is 0 Å². The van der Waals surface area contributed by atoms with Gasteiger partial charge < -0.3 is 14.0 Å². The van der Waals surface area contributed by atoms with Gasteiger partial charge in [-0.3, -0.25) is 4.79 Å². The number of para-hydroxylation sites is 1. The molecule has 24 heavy (non-hydrogen) atoms. The van der Waals surface area contributed by atoms with E-state index in [0.717, 1.165) is 43.8 Å². The summed E-state index contributed by atoms with van der Waals surface area (Å²) in [7, 11) is -2.04. The molecule has 0 N–H and O–H groups in total. The van der Waals surface area contributed by atoms with Gasteiger partial charge in [0.25, 0.3) is 0 Å². The molecular weight excluding hydrogens is 323 g/mol. The Morgan fingerprint density at radius 3 is 2.38 bits per heavy atom. The number of hydrogen-bond donors (Lipinski definition) is 0. The Kier molecular flexibility index (Phi) is 11.3. The maximum absolute atomic E-state index is 12.5. The summed E-state index contributed by atoms with van der Waals surface area (Å²) in [6, 6.07) is 7.44. The number of rotatable bonds is 13. The lowest BCUT2D eigenvalue weighted by Gasteiger charge is -2.11. The standard InChI is InChI=1S/C19H31O4P/c1-3-5-9-14-22-17-11-7-8-12-18(17)24(21)16-13-19(20)23-15-10-6-4-2/h7-8,11-12,24H,3-6,9-10,13-16H2,1-2H3. The highest BCUT2D eigenvalue weighted by Gasteiger charge is 2.13. The molecule has 0 aliphatic rings. The molecule has 0 radical (unpaired) electrons. The molecule has 0 fully saturated rings. The highest BCUT2D eigenvalue weighted by molar-refractivity contribution is 7.53. The molecule has 5 heteroatoms. The van der Waals surface area contributed by atoms with Gasteiger partial charge in [-0.05, 0) is 25.0 Å². The predicted octanol–water partition coefficient (Wildman–Crippen LogP) is 4.56. The SMILES string of the molecule is CCCCCOC(=O)CC[PH](=O)c1ccccc1OCCCCC. The lowest BCUT2D eigenvalue weighted by atomic mass is 10.3. The molecule has 0 saturated heterocycles. The van der Waals surface area contributed by atoms with Crippen molar-refractivity contribution in [1.29, 1.82) is 0 Å². The molecule has 0 aliphatic carbocycles. The van der Waals surface area contributed by atoms with Crippen molar-refractivity contribution in [2.45, 2.75) is 58.8 Å². The Morgan fingerprint density at radius 1 is 1.00 bits per heavy atom. The van der Waals surface area contributed by atoms with Crippen LogP contribution >= 0.6 is 7.80 Å². The van der Waals surface area contributed by atoms with Crippen LogP contribution in [0.15, 0.2) is 24.3 Å². The van der Waals surface area contributed by atoms with E-state index in [1.165, 1.54) is 0 Å². The second-order valence-electron chi connectivity index (χ2n) is 5.90. The van der Waals surface area contributed by atoms with E-state index in [1.807, 2.05) is 24.3 Å². The van der Waals surface area contributed by atoms with E-state index >= 15 is 0 Å². The van der Waals surface area contributed by atoms with Crippen molar-refractivity contribution in [1.82, 2.24) is 0 Å². The van der Waals surface area contributed by atoms with Crippen LogP contribution in [-0.2, 0) is 14.1 Å². The molecule has 1 rings (SSSR count). The van der Waals surface area contributed by atoms with E-state index in [1.54, 1.807) is 0 Å². The molecule has 1 aromatic rings. The summed E-state index contributed by atoms with van der Waals surface area (Å²) in [4.78, 5) is 11.7. The second-order valence-corrected chi connectivity index (χ2v) is 7.79. The minimum Gasteiger partial charge on any atom is -0.493 e. The first kappa shape index (κ1) is 20.8. The van der Waals surface area contributed by atoms with Crippen LogP contribution in [0.1, 0.15) is 58.8 Å². The van der Waals surface area contributed by atoms with Gasteiger partial charge in [0, 0.05) is 6.16 Å². The zero-order valence-corrected chi connectivity index (χ0v) is 16.0. The van der Waals surface area contributed by atoms with Crippen LogP contribution in [-0.4, -0.2) is 25.3 Å². The van der Waals surface area contributed by atoms with Crippen LogP contribution < -0.4 is 10.0 Å². The van der Waals surface area contributed by atoms with Gasteiger partial charge in [-0.1, -0.05) is 51.7 Å². The smallest absolute Gasteiger partial charge is 0.306 e. The minimum atomic E-state index is -2.04. The Bertz CT molecular complexity index is 502. The first-order chi connectivity index (χ1) is 11.7. The quantitative estimate of drug-likeness (QED) is 0.296. The van der Waals surface area contributed by atoms with Gasteiger partial charge in [0.15, 0.2) is 0 Å². The Hall–Kier alpha value is -1.28. The molecule has 1 aromatic carbocycles. The van der Waals surface area contributed by atoms with Crippen molar-refractivity contribution in [3.05, 3.63) is 24.3 Å². The van der Waals surface area contributed by atoms with Crippen LogP contribution in [0.25, 0.3) is 0 Å². The summed E-state index contributed by atoms with van der Waals surface area (Å²) in [6.45, 7) is 5.36. The third-order valence-electron chi connectivity index (χ3n) is 3.76. The molecule has 0 bridgehead atoms. The summed E-state index contributed by atoms with van der Waals surface area (Å²) >= 11 is 0. The van der Waals surface area contributed by atoms with E-state index in [0.29, 0.717) is 25.1 Å². The number of ether oxygens (including phenoxy) is 2. The second kappa shape index (κ2) is 13.1. The Balaban J connectivity index is 2.42. The van der Waals surface area contributed by atoms with Crippen LogP contribution in [0.2, 0.25) is 0 Å². The highest BCUT2D eigenvalue weighted by Crippen LogP contribution is 2.27. The fourth-order valence-corrected chi connectivity index (χ4v) is 3.73. The van der Waals surface area contributed by atoms with Gasteiger partial charge in [-0.2, -0.15) is 0 Å². The molecule has 136 valence electrons. The average molecular weight is 354 g/mol. The summed E-state index contributed by atoms with van der Waals surface area (Å²) in [5.74, 6) is 0.430. The summed E-state index contributed by atoms with van der Waals surface area (Å²) in [5, 5.41) is 0.734. The van der Waals surface area contributed by atoms with Crippen LogP contribution in [0, 0.1) is 0 Å². The molecule has 0 aliphatic heterocycles. The minimum absolute atomic E-state index is 0.202.